The predicted octanol–water partition coefficient (Wildman–Crippen LogP) is 1.72. The van der Waals surface area contributed by atoms with Gasteiger partial charge >= 0.3 is 0 Å². The number of alkyl halides is 1. The van der Waals surface area contributed by atoms with E-state index in [0.29, 0.717) is 5.88 Å². The van der Waals surface area contributed by atoms with Gasteiger partial charge < -0.3 is 0 Å². The summed E-state index contributed by atoms with van der Waals surface area (Å²) in [6, 6.07) is 6.67. The Kier molecular flexibility index (Phi) is 5.01. The minimum Gasteiger partial charge on any atom is -0.207 e. The van der Waals surface area contributed by atoms with E-state index in [-0.39, 0.29) is 11.4 Å². The van der Waals surface area contributed by atoms with Gasteiger partial charge in [0.2, 0.25) is 10.0 Å². The fourth-order valence-electron chi connectivity index (χ4n) is 1.33. The first-order chi connectivity index (χ1) is 8.02. The van der Waals surface area contributed by atoms with Crippen molar-refractivity contribution in [2.75, 3.05) is 19.5 Å². The summed E-state index contributed by atoms with van der Waals surface area (Å²) in [6.45, 7) is 0.0613. The van der Waals surface area contributed by atoms with Gasteiger partial charge in [0.25, 0.3) is 0 Å². The molecule has 0 bridgehead atoms. The van der Waals surface area contributed by atoms with Gasteiger partial charge in [0.05, 0.1) is 11.4 Å². The lowest BCUT2D eigenvalue weighted by molar-refractivity contribution is 0.503. The van der Waals surface area contributed by atoms with Crippen molar-refractivity contribution < 1.29 is 8.42 Å². The fourth-order valence-corrected chi connectivity index (χ4v) is 2.63. The molecule has 3 nitrogen and oxygen atoms in total. The van der Waals surface area contributed by atoms with Crippen molar-refractivity contribution in [3.05, 3.63) is 29.8 Å². The van der Waals surface area contributed by atoms with E-state index >= 15 is 0 Å². The van der Waals surface area contributed by atoms with Crippen LogP contribution in [-0.4, -0.2) is 32.2 Å². The zero-order chi connectivity index (χ0) is 12.9. The van der Waals surface area contributed by atoms with E-state index in [9.17, 15) is 8.42 Å². The Morgan fingerprint density at radius 1 is 1.35 bits per heavy atom. The topological polar surface area (TPSA) is 37.4 Å². The van der Waals surface area contributed by atoms with E-state index in [4.69, 9.17) is 18.0 Å². The van der Waals surface area contributed by atoms with Crippen molar-refractivity contribution in [3.8, 4) is 12.3 Å². The Labute approximate surface area is 107 Å². The minimum atomic E-state index is -3.47. The third-order valence-corrected chi connectivity index (χ3v) is 4.34. The van der Waals surface area contributed by atoms with E-state index in [1.165, 1.54) is 7.05 Å². The van der Waals surface area contributed by atoms with Crippen LogP contribution in [0.5, 0.6) is 0 Å². The quantitative estimate of drug-likeness (QED) is 0.604. The van der Waals surface area contributed by atoms with E-state index in [2.05, 4.69) is 5.92 Å². The number of terminal acetylenes is 1. The lowest BCUT2D eigenvalue weighted by Crippen LogP contribution is -2.27. The summed E-state index contributed by atoms with van der Waals surface area (Å²) in [6.07, 6.45) is 5.82. The van der Waals surface area contributed by atoms with Crippen LogP contribution < -0.4 is 0 Å². The highest BCUT2D eigenvalue weighted by Crippen LogP contribution is 2.15. The van der Waals surface area contributed by atoms with Crippen LogP contribution >= 0.6 is 11.6 Å². The highest BCUT2D eigenvalue weighted by molar-refractivity contribution is 7.89. The van der Waals surface area contributed by atoms with Gasteiger partial charge in [0.1, 0.15) is 0 Å². The molecule has 5 heteroatoms. The molecule has 0 heterocycles. The molecule has 0 aliphatic rings. The van der Waals surface area contributed by atoms with E-state index in [0.717, 1.165) is 16.3 Å². The van der Waals surface area contributed by atoms with Crippen LogP contribution in [0.3, 0.4) is 0 Å². The maximum atomic E-state index is 12.0. The third kappa shape index (κ3) is 3.47. The molecular weight excluding hydrogens is 258 g/mol. The molecule has 0 saturated heterocycles. The number of aryl methyl sites for hydroxylation is 1. The Balaban J connectivity index is 2.97. The molecule has 0 aromatic heterocycles. The van der Waals surface area contributed by atoms with Crippen molar-refractivity contribution in [2.45, 2.75) is 11.3 Å². The van der Waals surface area contributed by atoms with Crippen LogP contribution in [0.2, 0.25) is 0 Å². The smallest absolute Gasteiger partial charge is 0.207 e. The van der Waals surface area contributed by atoms with Gasteiger partial charge in [-0.1, -0.05) is 18.1 Å². The molecule has 1 rings (SSSR count). The monoisotopic (exact) mass is 271 g/mol. The van der Waals surface area contributed by atoms with E-state index < -0.39 is 10.0 Å². The molecule has 0 spiro atoms. The second-order valence-electron chi connectivity index (χ2n) is 3.55. The summed E-state index contributed by atoms with van der Waals surface area (Å²) in [7, 11) is -2.01. The van der Waals surface area contributed by atoms with E-state index in [1.54, 1.807) is 24.3 Å². The highest BCUT2D eigenvalue weighted by Gasteiger charge is 2.19. The average Bonchev–Trinajstić information content (AvgIpc) is 2.30. The summed E-state index contributed by atoms with van der Waals surface area (Å²) in [5.74, 6) is 2.82. The first-order valence-corrected chi connectivity index (χ1v) is 7.04. The standard InChI is InChI=1S/C12H14ClNO2S/c1-3-10-14(2)17(15,16)12-6-4-11(5-7-12)8-9-13/h1,4-7H,8-10H2,2H3. The fraction of sp³-hybridized carbons (Fsp3) is 0.333. The molecule has 1 aromatic rings. The normalized spacial score (nSPS) is 11.4. The van der Waals surface area contributed by atoms with Crippen molar-refractivity contribution in [2.24, 2.45) is 0 Å². The number of halogens is 1. The molecule has 0 radical (unpaired) electrons. The number of benzene rings is 1. The Morgan fingerprint density at radius 2 is 1.94 bits per heavy atom. The number of sulfonamides is 1. The molecule has 0 atom stereocenters. The lowest BCUT2D eigenvalue weighted by Gasteiger charge is -2.14. The highest BCUT2D eigenvalue weighted by atomic mass is 35.5. The average molecular weight is 272 g/mol. The second kappa shape index (κ2) is 6.06. The van der Waals surface area contributed by atoms with Gasteiger partial charge in [-0.15, -0.1) is 18.0 Å². The van der Waals surface area contributed by atoms with Gasteiger partial charge in [-0.05, 0) is 24.1 Å². The summed E-state index contributed by atoms with van der Waals surface area (Å²) >= 11 is 5.61. The maximum absolute atomic E-state index is 12.0. The van der Waals surface area contributed by atoms with Gasteiger partial charge in [0.15, 0.2) is 0 Å². The van der Waals surface area contributed by atoms with Crippen LogP contribution in [0.15, 0.2) is 29.2 Å². The molecule has 17 heavy (non-hydrogen) atoms. The van der Waals surface area contributed by atoms with Crippen molar-refractivity contribution >= 4 is 21.6 Å². The number of hydrogen-bond acceptors (Lipinski definition) is 2. The molecule has 0 aliphatic heterocycles. The van der Waals surface area contributed by atoms with Gasteiger partial charge in [0, 0.05) is 12.9 Å². The molecular formula is C12H14ClNO2S. The molecule has 0 saturated carbocycles. The Hall–Kier alpha value is -1.02. The van der Waals surface area contributed by atoms with Crippen molar-refractivity contribution in [3.63, 3.8) is 0 Å². The van der Waals surface area contributed by atoms with Crippen LogP contribution in [-0.2, 0) is 16.4 Å². The van der Waals surface area contributed by atoms with Crippen molar-refractivity contribution in [1.29, 1.82) is 0 Å². The molecule has 0 unspecified atom stereocenters. The molecule has 0 fully saturated rings. The largest absolute Gasteiger partial charge is 0.243 e. The first-order valence-electron chi connectivity index (χ1n) is 5.07. The van der Waals surface area contributed by atoms with Crippen LogP contribution in [0.4, 0.5) is 0 Å². The first kappa shape index (κ1) is 14.0. The third-order valence-electron chi connectivity index (χ3n) is 2.33. The molecule has 0 amide bonds. The molecule has 1 aromatic carbocycles. The Bertz CT molecular complexity index is 502. The summed E-state index contributed by atoms with van der Waals surface area (Å²) in [5, 5.41) is 0. The Morgan fingerprint density at radius 3 is 2.41 bits per heavy atom. The maximum Gasteiger partial charge on any atom is 0.243 e. The van der Waals surface area contributed by atoms with Crippen LogP contribution in [0.25, 0.3) is 0 Å². The molecule has 92 valence electrons. The summed E-state index contributed by atoms with van der Waals surface area (Å²) in [4.78, 5) is 0.244. The van der Waals surface area contributed by atoms with Crippen LogP contribution in [0, 0.1) is 12.3 Å². The minimum absolute atomic E-state index is 0.0613. The zero-order valence-corrected chi connectivity index (χ0v) is 11.1. The van der Waals surface area contributed by atoms with Crippen LogP contribution in [0.1, 0.15) is 5.56 Å². The molecule has 0 aliphatic carbocycles. The lowest BCUT2D eigenvalue weighted by atomic mass is 10.2. The number of hydrogen-bond donors (Lipinski definition) is 0. The summed E-state index contributed by atoms with van der Waals surface area (Å²) < 4.78 is 25.1. The summed E-state index contributed by atoms with van der Waals surface area (Å²) in [5.41, 5.74) is 1.01. The predicted molar refractivity (Wildman–Crippen MR) is 69.5 cm³/mol. The van der Waals surface area contributed by atoms with Gasteiger partial charge in [-0.2, -0.15) is 4.31 Å². The van der Waals surface area contributed by atoms with Crippen molar-refractivity contribution in [1.82, 2.24) is 4.31 Å². The number of rotatable bonds is 5. The van der Waals surface area contributed by atoms with Gasteiger partial charge in [-0.3, -0.25) is 0 Å². The number of nitrogens with zero attached hydrogens (tertiary/aromatic N) is 1. The van der Waals surface area contributed by atoms with Gasteiger partial charge in [-0.25, -0.2) is 8.42 Å². The SMILES string of the molecule is C#CCN(C)S(=O)(=O)c1ccc(CCCl)cc1. The molecule has 0 N–H and O–H groups in total. The second-order valence-corrected chi connectivity index (χ2v) is 5.97. The zero-order valence-electron chi connectivity index (χ0n) is 9.56. The van der Waals surface area contributed by atoms with E-state index in [1.807, 2.05) is 0 Å².